The largest absolute Gasteiger partial charge is 0.449 e. The number of aromatic nitrogens is 1. The molecule has 0 radical (unpaired) electrons. The van der Waals surface area contributed by atoms with Gasteiger partial charge in [-0.1, -0.05) is 13.8 Å². The molecule has 0 saturated carbocycles. The molecule has 0 unspecified atom stereocenters. The first kappa shape index (κ1) is 19.8. The number of furan rings is 1. The van der Waals surface area contributed by atoms with E-state index in [1.165, 1.54) is 6.07 Å². The van der Waals surface area contributed by atoms with Crippen molar-refractivity contribution in [3.63, 3.8) is 0 Å². The number of hydrogen-bond acceptors (Lipinski definition) is 3. The van der Waals surface area contributed by atoms with E-state index >= 15 is 0 Å². The molecule has 1 aliphatic rings. The van der Waals surface area contributed by atoms with Gasteiger partial charge in [0.15, 0.2) is 11.3 Å². The van der Waals surface area contributed by atoms with Gasteiger partial charge in [-0.05, 0) is 30.5 Å². The highest BCUT2D eigenvalue weighted by Gasteiger charge is 2.32. The predicted molar refractivity (Wildman–Crippen MR) is 103 cm³/mol. The van der Waals surface area contributed by atoms with Gasteiger partial charge in [0.05, 0.1) is 29.8 Å². The number of halogens is 3. The maximum Gasteiger partial charge on any atom is 0.416 e. The number of nitrogens with zero attached hydrogens (tertiary/aromatic N) is 2. The normalized spacial score (nSPS) is 15.7. The molecular weight excluding hydrogens is 385 g/mol. The van der Waals surface area contributed by atoms with Crippen LogP contribution < -0.4 is 0 Å². The zero-order valence-corrected chi connectivity index (χ0v) is 16.4. The lowest BCUT2D eigenvalue weighted by molar-refractivity contribution is -0.137. The number of hydrogen-bond donors (Lipinski definition) is 0. The molecule has 29 heavy (non-hydrogen) atoms. The van der Waals surface area contributed by atoms with Crippen LogP contribution in [0.5, 0.6) is 0 Å². The summed E-state index contributed by atoms with van der Waals surface area (Å²) in [5, 5.41) is 0.581. The predicted octanol–water partition coefficient (Wildman–Crippen LogP) is 4.92. The molecule has 3 aromatic rings. The van der Waals surface area contributed by atoms with E-state index in [-0.39, 0.29) is 11.7 Å². The van der Waals surface area contributed by atoms with Crippen LogP contribution in [0.2, 0.25) is 0 Å². The minimum atomic E-state index is -4.42. The zero-order valence-electron chi connectivity index (χ0n) is 16.4. The summed E-state index contributed by atoms with van der Waals surface area (Å²) < 4.78 is 52.7. The molecule has 1 fully saturated rings. The molecule has 1 aromatic carbocycles. The Labute approximate surface area is 166 Å². The highest BCUT2D eigenvalue weighted by atomic mass is 19.4. The van der Waals surface area contributed by atoms with Crippen molar-refractivity contribution in [1.29, 1.82) is 0 Å². The summed E-state index contributed by atoms with van der Waals surface area (Å²) in [5.74, 6) is 0.367. The van der Waals surface area contributed by atoms with Gasteiger partial charge in [-0.25, -0.2) is 0 Å². The van der Waals surface area contributed by atoms with Crippen LogP contribution in [0.25, 0.3) is 22.0 Å². The van der Waals surface area contributed by atoms with Gasteiger partial charge in [-0.15, -0.1) is 0 Å². The van der Waals surface area contributed by atoms with Crippen molar-refractivity contribution in [2.24, 2.45) is 5.92 Å². The third kappa shape index (κ3) is 3.73. The van der Waals surface area contributed by atoms with Crippen LogP contribution in [-0.4, -0.2) is 41.7 Å². The SMILES string of the molecule is CC(C)CCn1c2cc(C(F)(F)F)ccc2c2oc(C(=O)N3CCOCC3)cc21. The van der Waals surface area contributed by atoms with Crippen LogP contribution in [0, 0.1) is 5.92 Å². The molecular formula is C21H23F3N2O3. The van der Waals surface area contributed by atoms with Crippen molar-refractivity contribution in [2.75, 3.05) is 26.3 Å². The number of morpholine rings is 1. The molecule has 0 aliphatic carbocycles. The number of ether oxygens (including phenoxy) is 1. The summed E-state index contributed by atoms with van der Waals surface area (Å²) in [6.45, 7) is 6.62. The fourth-order valence-corrected chi connectivity index (χ4v) is 3.68. The van der Waals surface area contributed by atoms with Crippen molar-refractivity contribution in [1.82, 2.24) is 9.47 Å². The Kier molecular flexibility index (Phi) is 5.06. The maximum atomic E-state index is 13.2. The van der Waals surface area contributed by atoms with Gasteiger partial charge < -0.3 is 18.6 Å². The van der Waals surface area contributed by atoms with Gasteiger partial charge in [0.1, 0.15) is 0 Å². The highest BCUT2D eigenvalue weighted by Crippen LogP contribution is 2.37. The number of alkyl halides is 3. The second kappa shape index (κ2) is 7.40. The van der Waals surface area contributed by atoms with E-state index in [1.54, 1.807) is 11.0 Å². The van der Waals surface area contributed by atoms with Crippen molar-refractivity contribution in [2.45, 2.75) is 33.0 Å². The monoisotopic (exact) mass is 408 g/mol. The van der Waals surface area contributed by atoms with Crippen LogP contribution in [0.1, 0.15) is 36.4 Å². The minimum absolute atomic E-state index is 0.206. The fourth-order valence-electron chi connectivity index (χ4n) is 3.68. The van der Waals surface area contributed by atoms with Crippen molar-refractivity contribution < 1.29 is 27.1 Å². The number of aryl methyl sites for hydroxylation is 1. The van der Waals surface area contributed by atoms with Gasteiger partial charge in [0.25, 0.3) is 5.91 Å². The summed E-state index contributed by atoms with van der Waals surface area (Å²) in [5.41, 5.74) is 0.880. The quantitative estimate of drug-likeness (QED) is 0.615. The van der Waals surface area contributed by atoms with Gasteiger partial charge in [-0.3, -0.25) is 4.79 Å². The van der Waals surface area contributed by atoms with Crippen molar-refractivity contribution >= 4 is 27.9 Å². The van der Waals surface area contributed by atoms with Gasteiger partial charge in [-0.2, -0.15) is 13.2 Å². The molecule has 1 saturated heterocycles. The molecule has 5 nitrogen and oxygen atoms in total. The van der Waals surface area contributed by atoms with Crippen LogP contribution in [0.3, 0.4) is 0 Å². The van der Waals surface area contributed by atoms with E-state index in [0.29, 0.717) is 60.8 Å². The number of fused-ring (bicyclic) bond motifs is 3. The Bertz CT molecular complexity index is 1040. The second-order valence-electron chi connectivity index (χ2n) is 7.79. The molecule has 3 heterocycles. The first-order chi connectivity index (χ1) is 13.8. The lowest BCUT2D eigenvalue weighted by atomic mass is 10.1. The molecule has 4 rings (SSSR count). The molecule has 8 heteroatoms. The molecule has 1 amide bonds. The van der Waals surface area contributed by atoms with Gasteiger partial charge in [0, 0.05) is 31.1 Å². The van der Waals surface area contributed by atoms with E-state index in [2.05, 4.69) is 13.8 Å². The lowest BCUT2D eigenvalue weighted by Crippen LogP contribution is -2.40. The smallest absolute Gasteiger partial charge is 0.416 e. The van der Waals surface area contributed by atoms with Crippen LogP contribution in [0.15, 0.2) is 28.7 Å². The maximum absolute atomic E-state index is 13.2. The number of rotatable bonds is 4. The molecule has 2 aromatic heterocycles. The number of carbonyl (C=O) groups excluding carboxylic acids is 1. The average molecular weight is 408 g/mol. The van der Waals surface area contributed by atoms with E-state index in [4.69, 9.17) is 9.15 Å². The fraction of sp³-hybridized carbons (Fsp3) is 0.476. The van der Waals surface area contributed by atoms with E-state index in [9.17, 15) is 18.0 Å². The third-order valence-electron chi connectivity index (χ3n) is 5.30. The standard InChI is InChI=1S/C21H23F3N2O3/c1-13(2)5-6-26-16-11-14(21(22,23)24)3-4-15(16)19-17(26)12-18(29-19)20(27)25-7-9-28-10-8-25/h3-4,11-13H,5-10H2,1-2H3. The van der Waals surface area contributed by atoms with Crippen molar-refractivity contribution in [3.05, 3.63) is 35.6 Å². The zero-order chi connectivity index (χ0) is 20.8. The summed E-state index contributed by atoms with van der Waals surface area (Å²) in [6.07, 6.45) is -3.62. The first-order valence-corrected chi connectivity index (χ1v) is 9.75. The Morgan fingerprint density at radius 2 is 1.86 bits per heavy atom. The molecule has 0 atom stereocenters. The van der Waals surface area contributed by atoms with Crippen LogP contribution in [0.4, 0.5) is 13.2 Å². The van der Waals surface area contributed by atoms with Gasteiger partial charge in [0.2, 0.25) is 0 Å². The van der Waals surface area contributed by atoms with Crippen LogP contribution in [-0.2, 0) is 17.5 Å². The molecule has 0 bridgehead atoms. The number of benzene rings is 1. The Balaban J connectivity index is 1.81. The molecule has 156 valence electrons. The number of carbonyl (C=O) groups is 1. The van der Waals surface area contributed by atoms with Crippen molar-refractivity contribution in [3.8, 4) is 0 Å². The molecule has 0 N–H and O–H groups in total. The summed E-state index contributed by atoms with van der Waals surface area (Å²) in [4.78, 5) is 14.5. The topological polar surface area (TPSA) is 47.6 Å². The van der Waals surface area contributed by atoms with Gasteiger partial charge >= 0.3 is 6.18 Å². The third-order valence-corrected chi connectivity index (χ3v) is 5.30. The summed E-state index contributed by atoms with van der Waals surface area (Å²) in [6, 6.07) is 5.30. The number of amides is 1. The minimum Gasteiger partial charge on any atom is -0.449 e. The summed E-state index contributed by atoms with van der Waals surface area (Å²) in [7, 11) is 0. The molecule has 1 aliphatic heterocycles. The second-order valence-corrected chi connectivity index (χ2v) is 7.79. The van der Waals surface area contributed by atoms with Crippen LogP contribution >= 0.6 is 0 Å². The average Bonchev–Trinajstić information content (AvgIpc) is 3.23. The summed E-state index contributed by atoms with van der Waals surface area (Å²) >= 11 is 0. The first-order valence-electron chi connectivity index (χ1n) is 9.75. The Morgan fingerprint density at radius 1 is 1.14 bits per heavy atom. The molecule has 0 spiro atoms. The Morgan fingerprint density at radius 3 is 2.52 bits per heavy atom. The van der Waals surface area contributed by atoms with E-state index in [0.717, 1.165) is 18.6 Å². The Hall–Kier alpha value is -2.48. The van der Waals surface area contributed by atoms with E-state index in [1.807, 2.05) is 4.57 Å². The lowest BCUT2D eigenvalue weighted by Gasteiger charge is -2.25. The van der Waals surface area contributed by atoms with E-state index < -0.39 is 11.7 Å². The highest BCUT2D eigenvalue weighted by molar-refractivity contribution is 6.07.